The Morgan fingerprint density at radius 1 is 1.11 bits per heavy atom. The van der Waals surface area contributed by atoms with Gasteiger partial charge in [0.15, 0.2) is 0 Å². The van der Waals surface area contributed by atoms with Crippen LogP contribution in [0.3, 0.4) is 0 Å². The molecule has 0 amide bonds. The summed E-state index contributed by atoms with van der Waals surface area (Å²) >= 11 is 0. The van der Waals surface area contributed by atoms with Crippen molar-refractivity contribution >= 4 is 0 Å². The van der Waals surface area contributed by atoms with Crippen molar-refractivity contribution in [1.29, 1.82) is 0 Å². The highest BCUT2D eigenvalue weighted by atomic mass is 15.2. The van der Waals surface area contributed by atoms with E-state index >= 15 is 0 Å². The van der Waals surface area contributed by atoms with Crippen LogP contribution in [0.25, 0.3) is 0 Å². The van der Waals surface area contributed by atoms with Crippen molar-refractivity contribution in [2.45, 2.75) is 90.6 Å². The number of unbranched alkanes of at least 4 members (excludes halogenated alkanes) is 4. The van der Waals surface area contributed by atoms with Crippen molar-refractivity contribution in [2.24, 2.45) is 11.7 Å². The second-order valence-corrected chi connectivity index (χ2v) is 6.38. The fourth-order valence-electron chi connectivity index (χ4n) is 3.81. The van der Waals surface area contributed by atoms with Gasteiger partial charge in [0.1, 0.15) is 0 Å². The lowest BCUT2D eigenvalue weighted by atomic mass is 9.98. The zero-order valence-corrected chi connectivity index (χ0v) is 13.5. The van der Waals surface area contributed by atoms with Gasteiger partial charge < -0.3 is 5.73 Å². The minimum Gasteiger partial charge on any atom is -0.330 e. The molecule has 1 rings (SSSR count). The summed E-state index contributed by atoms with van der Waals surface area (Å²) in [6.45, 7) is 9.10. The van der Waals surface area contributed by atoms with E-state index in [1.807, 2.05) is 0 Å². The summed E-state index contributed by atoms with van der Waals surface area (Å²) in [7, 11) is 0. The van der Waals surface area contributed by atoms with Gasteiger partial charge in [-0.3, -0.25) is 4.90 Å². The van der Waals surface area contributed by atoms with Gasteiger partial charge in [0.05, 0.1) is 0 Å². The van der Waals surface area contributed by atoms with E-state index in [4.69, 9.17) is 5.73 Å². The lowest BCUT2D eigenvalue weighted by Crippen LogP contribution is -2.45. The Bertz CT molecular complexity index is 217. The molecule has 3 unspecified atom stereocenters. The fraction of sp³-hybridized carbons (Fsp3) is 1.00. The molecule has 0 heterocycles. The molecule has 1 aliphatic rings. The van der Waals surface area contributed by atoms with Gasteiger partial charge in [-0.2, -0.15) is 0 Å². The van der Waals surface area contributed by atoms with E-state index in [2.05, 4.69) is 25.7 Å². The number of hydrogen-bond donors (Lipinski definition) is 1. The Morgan fingerprint density at radius 3 is 2.47 bits per heavy atom. The summed E-state index contributed by atoms with van der Waals surface area (Å²) < 4.78 is 0. The molecule has 2 nitrogen and oxygen atoms in total. The molecule has 1 saturated carbocycles. The summed E-state index contributed by atoms with van der Waals surface area (Å²) in [5.74, 6) is 0.752. The first-order chi connectivity index (χ1) is 9.24. The molecule has 0 aromatic rings. The standard InChI is InChI=1S/C17H36N2/c1-4-6-7-8-9-11-15(3)19(5-2)17-13-10-12-16(17)14-18/h15-17H,4-14,18H2,1-3H3. The molecule has 0 bridgehead atoms. The Hall–Kier alpha value is -0.0800. The smallest absolute Gasteiger partial charge is 0.0138 e. The first-order valence-electron chi connectivity index (χ1n) is 8.70. The first-order valence-corrected chi connectivity index (χ1v) is 8.70. The van der Waals surface area contributed by atoms with Crippen molar-refractivity contribution in [2.75, 3.05) is 13.1 Å². The summed E-state index contributed by atoms with van der Waals surface area (Å²) in [4.78, 5) is 2.74. The van der Waals surface area contributed by atoms with Crippen LogP contribution in [0.15, 0.2) is 0 Å². The third-order valence-corrected chi connectivity index (χ3v) is 5.00. The van der Waals surface area contributed by atoms with Crippen molar-refractivity contribution in [3.8, 4) is 0 Å². The van der Waals surface area contributed by atoms with Crippen LogP contribution in [0.1, 0.15) is 78.6 Å². The van der Waals surface area contributed by atoms with Gasteiger partial charge in [-0.05, 0) is 45.2 Å². The first kappa shape index (κ1) is 17.0. The molecular weight excluding hydrogens is 232 g/mol. The van der Waals surface area contributed by atoms with Gasteiger partial charge >= 0.3 is 0 Å². The molecule has 2 heteroatoms. The quantitative estimate of drug-likeness (QED) is 0.602. The van der Waals surface area contributed by atoms with E-state index in [1.165, 1.54) is 64.3 Å². The summed E-state index contributed by atoms with van der Waals surface area (Å²) in [6, 6.07) is 1.50. The van der Waals surface area contributed by atoms with Gasteiger partial charge in [0.2, 0.25) is 0 Å². The lowest BCUT2D eigenvalue weighted by molar-refractivity contribution is 0.116. The van der Waals surface area contributed by atoms with Gasteiger partial charge in [-0.15, -0.1) is 0 Å². The van der Waals surface area contributed by atoms with Crippen molar-refractivity contribution in [1.82, 2.24) is 4.90 Å². The Labute approximate surface area is 121 Å². The second-order valence-electron chi connectivity index (χ2n) is 6.38. The van der Waals surface area contributed by atoms with E-state index < -0.39 is 0 Å². The molecule has 3 atom stereocenters. The minimum atomic E-state index is 0.740. The third kappa shape index (κ3) is 5.43. The van der Waals surface area contributed by atoms with E-state index in [9.17, 15) is 0 Å². The fourth-order valence-corrected chi connectivity index (χ4v) is 3.81. The number of rotatable bonds is 10. The Balaban J connectivity index is 2.32. The third-order valence-electron chi connectivity index (χ3n) is 5.00. The molecule has 19 heavy (non-hydrogen) atoms. The Kier molecular flexibility index (Phi) is 8.72. The normalized spacial score (nSPS) is 25.1. The van der Waals surface area contributed by atoms with Crippen LogP contribution < -0.4 is 5.73 Å². The minimum absolute atomic E-state index is 0.740. The van der Waals surface area contributed by atoms with Crippen LogP contribution in [0, 0.1) is 5.92 Å². The number of nitrogens with two attached hydrogens (primary N) is 1. The maximum absolute atomic E-state index is 5.95. The predicted molar refractivity (Wildman–Crippen MR) is 85.4 cm³/mol. The Morgan fingerprint density at radius 2 is 1.84 bits per heavy atom. The largest absolute Gasteiger partial charge is 0.330 e. The van der Waals surface area contributed by atoms with E-state index in [-0.39, 0.29) is 0 Å². The highest BCUT2D eigenvalue weighted by Crippen LogP contribution is 2.31. The summed E-state index contributed by atoms with van der Waals surface area (Å²) in [5, 5.41) is 0. The molecule has 0 radical (unpaired) electrons. The molecule has 0 aliphatic heterocycles. The molecular formula is C17H36N2. The van der Waals surface area contributed by atoms with Crippen LogP contribution in [0.2, 0.25) is 0 Å². The molecule has 2 N–H and O–H groups in total. The zero-order chi connectivity index (χ0) is 14.1. The summed E-state index contributed by atoms with van der Waals surface area (Å²) in [5.41, 5.74) is 5.95. The monoisotopic (exact) mass is 268 g/mol. The highest BCUT2D eigenvalue weighted by Gasteiger charge is 2.32. The molecule has 0 aromatic carbocycles. The highest BCUT2D eigenvalue weighted by molar-refractivity contribution is 4.87. The van der Waals surface area contributed by atoms with Gasteiger partial charge in [0.25, 0.3) is 0 Å². The molecule has 1 fully saturated rings. The van der Waals surface area contributed by atoms with Crippen molar-refractivity contribution < 1.29 is 0 Å². The van der Waals surface area contributed by atoms with E-state index in [0.29, 0.717) is 0 Å². The predicted octanol–water partition coefficient (Wildman–Crippen LogP) is 4.18. The van der Waals surface area contributed by atoms with Crippen LogP contribution in [-0.2, 0) is 0 Å². The maximum Gasteiger partial charge on any atom is 0.0138 e. The lowest BCUT2D eigenvalue weighted by Gasteiger charge is -2.36. The molecule has 114 valence electrons. The molecule has 0 saturated heterocycles. The van der Waals surface area contributed by atoms with Crippen LogP contribution in [0.5, 0.6) is 0 Å². The topological polar surface area (TPSA) is 29.3 Å². The zero-order valence-electron chi connectivity index (χ0n) is 13.5. The second kappa shape index (κ2) is 9.77. The van der Waals surface area contributed by atoms with E-state index in [1.54, 1.807) is 0 Å². The van der Waals surface area contributed by atoms with E-state index in [0.717, 1.165) is 24.5 Å². The average Bonchev–Trinajstić information content (AvgIpc) is 2.87. The average molecular weight is 268 g/mol. The molecule has 1 aliphatic carbocycles. The van der Waals surface area contributed by atoms with Crippen molar-refractivity contribution in [3.63, 3.8) is 0 Å². The van der Waals surface area contributed by atoms with Crippen LogP contribution >= 0.6 is 0 Å². The van der Waals surface area contributed by atoms with Gasteiger partial charge in [0, 0.05) is 12.1 Å². The van der Waals surface area contributed by atoms with Crippen LogP contribution in [-0.4, -0.2) is 30.1 Å². The van der Waals surface area contributed by atoms with Crippen molar-refractivity contribution in [3.05, 3.63) is 0 Å². The summed E-state index contributed by atoms with van der Waals surface area (Å²) in [6.07, 6.45) is 12.5. The van der Waals surface area contributed by atoms with Gasteiger partial charge in [-0.25, -0.2) is 0 Å². The van der Waals surface area contributed by atoms with Gasteiger partial charge in [-0.1, -0.05) is 52.4 Å². The number of nitrogens with zero attached hydrogens (tertiary/aromatic N) is 1. The molecule has 0 aromatic heterocycles. The molecule has 0 spiro atoms. The van der Waals surface area contributed by atoms with Crippen LogP contribution in [0.4, 0.5) is 0 Å². The SMILES string of the molecule is CCCCCCCC(C)N(CC)C1CCCC1CN. The number of hydrogen-bond acceptors (Lipinski definition) is 2. The maximum atomic E-state index is 5.95.